The Bertz CT molecular complexity index is 719. The number of benzene rings is 2. The molecule has 5 heteroatoms. The summed E-state index contributed by atoms with van der Waals surface area (Å²) in [5, 5.41) is 0. The number of methoxy groups -OCH3 is 2. The van der Waals surface area contributed by atoms with E-state index < -0.39 is 5.97 Å². The minimum atomic E-state index is -0.534. The molecule has 0 amide bonds. The molecular weight excluding hydrogens is 308 g/mol. The first kappa shape index (κ1) is 17.5. The van der Waals surface area contributed by atoms with Gasteiger partial charge in [-0.15, -0.1) is 0 Å². The molecule has 0 bridgehead atoms. The average Bonchev–Trinajstić information content (AvgIpc) is 2.65. The number of esters is 1. The number of carbonyl (C=O) groups excluding carboxylic acids is 2. The van der Waals surface area contributed by atoms with Crippen LogP contribution in [-0.2, 0) is 11.2 Å². The zero-order valence-corrected chi connectivity index (χ0v) is 14.0. The van der Waals surface area contributed by atoms with E-state index in [1.807, 2.05) is 19.1 Å². The fraction of sp³-hybridized carbons (Fsp3) is 0.263. The standard InChI is InChI=1S/C19H20O5/c1-4-13-5-7-14(8-6-13)19(21)24-12-17(20)16-11-15(22-2)9-10-18(16)23-3/h5-11H,4,12H2,1-3H3. The largest absolute Gasteiger partial charge is 0.497 e. The van der Waals surface area contributed by atoms with Crippen molar-refractivity contribution in [3.05, 3.63) is 59.2 Å². The number of rotatable bonds is 7. The molecule has 0 fully saturated rings. The Balaban J connectivity index is 2.05. The van der Waals surface area contributed by atoms with Crippen LogP contribution in [0.1, 0.15) is 33.2 Å². The SMILES string of the molecule is CCc1ccc(C(=O)OCC(=O)c2cc(OC)ccc2OC)cc1. The Morgan fingerprint density at radius 1 is 0.958 bits per heavy atom. The second-order valence-electron chi connectivity index (χ2n) is 5.12. The molecule has 5 nitrogen and oxygen atoms in total. The van der Waals surface area contributed by atoms with E-state index in [1.54, 1.807) is 30.3 Å². The van der Waals surface area contributed by atoms with Gasteiger partial charge >= 0.3 is 5.97 Å². The second kappa shape index (κ2) is 8.15. The lowest BCUT2D eigenvalue weighted by molar-refractivity contribution is 0.0474. The molecule has 0 saturated carbocycles. The zero-order chi connectivity index (χ0) is 17.5. The van der Waals surface area contributed by atoms with E-state index >= 15 is 0 Å². The highest BCUT2D eigenvalue weighted by atomic mass is 16.5. The van der Waals surface area contributed by atoms with Crippen molar-refractivity contribution in [2.45, 2.75) is 13.3 Å². The number of ketones is 1. The molecule has 126 valence electrons. The van der Waals surface area contributed by atoms with Crippen LogP contribution in [0.4, 0.5) is 0 Å². The first-order valence-corrected chi connectivity index (χ1v) is 7.60. The van der Waals surface area contributed by atoms with Crippen LogP contribution in [-0.4, -0.2) is 32.6 Å². The van der Waals surface area contributed by atoms with Crippen LogP contribution >= 0.6 is 0 Å². The molecular formula is C19H20O5. The molecule has 0 atom stereocenters. The molecule has 0 aliphatic heterocycles. The molecule has 0 unspecified atom stereocenters. The van der Waals surface area contributed by atoms with E-state index in [2.05, 4.69) is 0 Å². The van der Waals surface area contributed by atoms with Gasteiger partial charge in [0.2, 0.25) is 5.78 Å². The number of carbonyl (C=O) groups is 2. The minimum absolute atomic E-state index is 0.311. The van der Waals surface area contributed by atoms with Gasteiger partial charge in [0.1, 0.15) is 11.5 Å². The monoisotopic (exact) mass is 328 g/mol. The quantitative estimate of drug-likeness (QED) is 0.576. The highest BCUT2D eigenvalue weighted by Gasteiger charge is 2.16. The van der Waals surface area contributed by atoms with E-state index in [0.29, 0.717) is 22.6 Å². The Hall–Kier alpha value is -2.82. The maximum atomic E-state index is 12.3. The van der Waals surface area contributed by atoms with E-state index in [0.717, 1.165) is 12.0 Å². The minimum Gasteiger partial charge on any atom is -0.497 e. The third-order valence-corrected chi connectivity index (χ3v) is 3.64. The van der Waals surface area contributed by atoms with Crippen molar-refractivity contribution in [1.29, 1.82) is 0 Å². The summed E-state index contributed by atoms with van der Waals surface area (Å²) < 4.78 is 15.4. The lowest BCUT2D eigenvalue weighted by Crippen LogP contribution is -2.15. The molecule has 0 aromatic heterocycles. The number of hydrogen-bond acceptors (Lipinski definition) is 5. The van der Waals surface area contributed by atoms with Gasteiger partial charge in [-0.3, -0.25) is 4.79 Å². The molecule has 0 N–H and O–H groups in total. The summed E-state index contributed by atoms with van der Waals surface area (Å²) in [5.74, 6) is 0.0434. The molecule has 0 heterocycles. The highest BCUT2D eigenvalue weighted by molar-refractivity contribution is 6.01. The van der Waals surface area contributed by atoms with E-state index in [1.165, 1.54) is 14.2 Å². The first-order chi connectivity index (χ1) is 11.6. The van der Waals surface area contributed by atoms with Crippen LogP contribution < -0.4 is 9.47 Å². The number of Topliss-reactive ketones (excluding diaryl/α,β-unsaturated/α-hetero) is 1. The van der Waals surface area contributed by atoms with Crippen LogP contribution in [0.5, 0.6) is 11.5 Å². The van der Waals surface area contributed by atoms with E-state index in [-0.39, 0.29) is 12.4 Å². The second-order valence-corrected chi connectivity index (χ2v) is 5.12. The van der Waals surface area contributed by atoms with Crippen molar-refractivity contribution < 1.29 is 23.8 Å². The Morgan fingerprint density at radius 3 is 2.25 bits per heavy atom. The summed E-state index contributed by atoms with van der Waals surface area (Å²) in [7, 11) is 2.98. The summed E-state index contributed by atoms with van der Waals surface area (Å²) in [4.78, 5) is 24.3. The highest BCUT2D eigenvalue weighted by Crippen LogP contribution is 2.24. The van der Waals surface area contributed by atoms with Gasteiger partial charge < -0.3 is 14.2 Å². The fourth-order valence-electron chi connectivity index (χ4n) is 2.20. The Labute approximate surface area is 141 Å². The topological polar surface area (TPSA) is 61.8 Å². The molecule has 2 aromatic rings. The predicted molar refractivity (Wildman–Crippen MR) is 90.0 cm³/mol. The summed E-state index contributed by atoms with van der Waals surface area (Å²) in [5.41, 5.74) is 1.85. The van der Waals surface area contributed by atoms with Crippen molar-refractivity contribution in [1.82, 2.24) is 0 Å². The summed E-state index contributed by atoms with van der Waals surface area (Å²) in [6, 6.07) is 12.0. The third kappa shape index (κ3) is 4.13. The molecule has 0 aliphatic rings. The lowest BCUT2D eigenvalue weighted by Gasteiger charge is -2.10. The van der Waals surface area contributed by atoms with Crippen LogP contribution in [0.2, 0.25) is 0 Å². The number of aryl methyl sites for hydroxylation is 1. The smallest absolute Gasteiger partial charge is 0.338 e. The van der Waals surface area contributed by atoms with Crippen LogP contribution in [0.15, 0.2) is 42.5 Å². The summed E-state index contributed by atoms with van der Waals surface area (Å²) in [6.07, 6.45) is 0.892. The predicted octanol–water partition coefficient (Wildman–Crippen LogP) is 3.31. The lowest BCUT2D eigenvalue weighted by atomic mass is 10.1. The van der Waals surface area contributed by atoms with Gasteiger partial charge in [0.15, 0.2) is 6.61 Å². The Kier molecular flexibility index (Phi) is 5.95. The molecule has 2 aromatic carbocycles. The normalized spacial score (nSPS) is 10.1. The zero-order valence-electron chi connectivity index (χ0n) is 14.0. The number of ether oxygens (including phenoxy) is 3. The van der Waals surface area contributed by atoms with Crippen molar-refractivity contribution in [2.75, 3.05) is 20.8 Å². The third-order valence-electron chi connectivity index (χ3n) is 3.64. The molecule has 2 rings (SSSR count). The van der Waals surface area contributed by atoms with Gasteiger partial charge in [0.25, 0.3) is 0 Å². The van der Waals surface area contributed by atoms with E-state index in [9.17, 15) is 9.59 Å². The van der Waals surface area contributed by atoms with Gasteiger partial charge in [0, 0.05) is 0 Å². The first-order valence-electron chi connectivity index (χ1n) is 7.60. The van der Waals surface area contributed by atoms with Crippen molar-refractivity contribution >= 4 is 11.8 Å². The van der Waals surface area contributed by atoms with Crippen molar-refractivity contribution in [2.24, 2.45) is 0 Å². The van der Waals surface area contributed by atoms with Crippen LogP contribution in [0, 0.1) is 0 Å². The maximum absolute atomic E-state index is 12.3. The molecule has 0 radical (unpaired) electrons. The van der Waals surface area contributed by atoms with Gasteiger partial charge in [-0.1, -0.05) is 19.1 Å². The average molecular weight is 328 g/mol. The number of hydrogen-bond donors (Lipinski definition) is 0. The van der Waals surface area contributed by atoms with Gasteiger partial charge in [-0.05, 0) is 42.3 Å². The maximum Gasteiger partial charge on any atom is 0.338 e. The Morgan fingerprint density at radius 2 is 1.67 bits per heavy atom. The van der Waals surface area contributed by atoms with Gasteiger partial charge in [-0.25, -0.2) is 4.79 Å². The van der Waals surface area contributed by atoms with Gasteiger partial charge in [0.05, 0.1) is 25.3 Å². The van der Waals surface area contributed by atoms with Crippen LogP contribution in [0.25, 0.3) is 0 Å². The van der Waals surface area contributed by atoms with Crippen LogP contribution in [0.3, 0.4) is 0 Å². The summed E-state index contributed by atoms with van der Waals surface area (Å²) in [6.45, 7) is 1.67. The molecule has 0 saturated heterocycles. The van der Waals surface area contributed by atoms with Gasteiger partial charge in [-0.2, -0.15) is 0 Å². The molecule has 0 spiro atoms. The molecule has 24 heavy (non-hydrogen) atoms. The van der Waals surface area contributed by atoms with E-state index in [4.69, 9.17) is 14.2 Å². The molecule has 0 aliphatic carbocycles. The fourth-order valence-corrected chi connectivity index (χ4v) is 2.20. The van der Waals surface area contributed by atoms with Crippen molar-refractivity contribution in [3.63, 3.8) is 0 Å². The summed E-state index contributed by atoms with van der Waals surface area (Å²) >= 11 is 0. The van der Waals surface area contributed by atoms with Crippen molar-refractivity contribution in [3.8, 4) is 11.5 Å².